The standard InChI is InChI=1S/C13H11NO3/c1-2-7-14-12-9-5-3-4-6-11(9)17-13(16)10(12)8-15/h2-6,8,14H,1,7H2. The molecular formula is C13H11NO3. The Morgan fingerprint density at radius 1 is 1.35 bits per heavy atom. The first-order valence-corrected chi connectivity index (χ1v) is 5.13. The summed E-state index contributed by atoms with van der Waals surface area (Å²) >= 11 is 0. The van der Waals surface area contributed by atoms with Crippen LogP contribution in [-0.4, -0.2) is 12.8 Å². The van der Waals surface area contributed by atoms with Crippen LogP contribution in [0.2, 0.25) is 0 Å². The molecule has 4 nitrogen and oxygen atoms in total. The summed E-state index contributed by atoms with van der Waals surface area (Å²) in [4.78, 5) is 22.5. The molecule has 0 radical (unpaired) electrons. The van der Waals surface area contributed by atoms with Crippen LogP contribution >= 0.6 is 0 Å². The molecule has 0 amide bonds. The molecule has 1 heterocycles. The molecular weight excluding hydrogens is 218 g/mol. The zero-order valence-corrected chi connectivity index (χ0v) is 9.10. The van der Waals surface area contributed by atoms with Crippen molar-refractivity contribution in [1.82, 2.24) is 0 Å². The summed E-state index contributed by atoms with van der Waals surface area (Å²) in [6.07, 6.45) is 2.15. The molecule has 0 fully saturated rings. The van der Waals surface area contributed by atoms with Crippen molar-refractivity contribution in [2.75, 3.05) is 11.9 Å². The van der Waals surface area contributed by atoms with Gasteiger partial charge in [0.2, 0.25) is 0 Å². The summed E-state index contributed by atoms with van der Waals surface area (Å²) in [7, 11) is 0. The number of benzene rings is 1. The number of hydrogen-bond donors (Lipinski definition) is 1. The molecule has 0 bridgehead atoms. The van der Waals surface area contributed by atoms with E-state index in [2.05, 4.69) is 11.9 Å². The maximum atomic E-state index is 11.6. The van der Waals surface area contributed by atoms with Crippen LogP contribution < -0.4 is 10.9 Å². The van der Waals surface area contributed by atoms with E-state index >= 15 is 0 Å². The Balaban J connectivity index is 2.76. The van der Waals surface area contributed by atoms with Crippen LogP contribution in [0.1, 0.15) is 10.4 Å². The highest BCUT2D eigenvalue weighted by Gasteiger charge is 2.12. The van der Waals surface area contributed by atoms with Gasteiger partial charge in [-0.25, -0.2) is 4.79 Å². The van der Waals surface area contributed by atoms with Crippen LogP contribution in [0.3, 0.4) is 0 Å². The molecule has 1 aromatic heterocycles. The van der Waals surface area contributed by atoms with Gasteiger partial charge in [0, 0.05) is 11.9 Å². The Bertz CT molecular complexity index is 628. The highest BCUT2D eigenvalue weighted by Crippen LogP contribution is 2.23. The van der Waals surface area contributed by atoms with E-state index in [1.807, 2.05) is 6.07 Å². The minimum Gasteiger partial charge on any atom is -0.422 e. The third-order valence-electron chi connectivity index (χ3n) is 2.39. The van der Waals surface area contributed by atoms with E-state index in [9.17, 15) is 9.59 Å². The summed E-state index contributed by atoms with van der Waals surface area (Å²) in [5, 5.41) is 3.69. The number of para-hydroxylation sites is 1. The maximum Gasteiger partial charge on any atom is 0.349 e. The largest absolute Gasteiger partial charge is 0.422 e. The number of carbonyl (C=O) groups is 1. The van der Waals surface area contributed by atoms with Gasteiger partial charge in [0.05, 0.1) is 5.69 Å². The smallest absolute Gasteiger partial charge is 0.349 e. The van der Waals surface area contributed by atoms with Gasteiger partial charge < -0.3 is 9.73 Å². The van der Waals surface area contributed by atoms with E-state index in [4.69, 9.17) is 4.42 Å². The van der Waals surface area contributed by atoms with Crippen LogP contribution in [0.4, 0.5) is 5.69 Å². The zero-order chi connectivity index (χ0) is 12.3. The molecule has 2 rings (SSSR count). The normalized spacial score (nSPS) is 10.1. The monoisotopic (exact) mass is 229 g/mol. The van der Waals surface area contributed by atoms with Crippen molar-refractivity contribution in [3.63, 3.8) is 0 Å². The molecule has 17 heavy (non-hydrogen) atoms. The summed E-state index contributed by atoms with van der Waals surface area (Å²) in [6.45, 7) is 4.05. The fraction of sp³-hybridized carbons (Fsp3) is 0.0769. The summed E-state index contributed by atoms with van der Waals surface area (Å²) in [6, 6.07) is 7.06. The van der Waals surface area contributed by atoms with Gasteiger partial charge in [-0.2, -0.15) is 0 Å². The highest BCUT2D eigenvalue weighted by atomic mass is 16.4. The molecule has 0 atom stereocenters. The number of anilines is 1. The maximum absolute atomic E-state index is 11.6. The van der Waals surface area contributed by atoms with Crippen LogP contribution in [0.25, 0.3) is 11.0 Å². The Labute approximate surface area is 97.6 Å². The second kappa shape index (κ2) is 4.65. The van der Waals surface area contributed by atoms with Crippen molar-refractivity contribution in [3.8, 4) is 0 Å². The Morgan fingerprint density at radius 3 is 2.82 bits per heavy atom. The summed E-state index contributed by atoms with van der Waals surface area (Å²) < 4.78 is 5.05. The Morgan fingerprint density at radius 2 is 2.12 bits per heavy atom. The Kier molecular flexibility index (Phi) is 3.05. The van der Waals surface area contributed by atoms with Crippen molar-refractivity contribution in [1.29, 1.82) is 0 Å². The van der Waals surface area contributed by atoms with Gasteiger partial charge in [0.1, 0.15) is 11.1 Å². The van der Waals surface area contributed by atoms with E-state index in [0.717, 1.165) is 0 Å². The lowest BCUT2D eigenvalue weighted by Gasteiger charge is -2.08. The lowest BCUT2D eigenvalue weighted by molar-refractivity contribution is 0.112. The SMILES string of the molecule is C=CCNc1c(C=O)c(=O)oc2ccccc12. The fourth-order valence-corrected chi connectivity index (χ4v) is 1.64. The van der Waals surface area contributed by atoms with Crippen LogP contribution in [0, 0.1) is 0 Å². The quantitative estimate of drug-likeness (QED) is 0.496. The average Bonchev–Trinajstić information content (AvgIpc) is 2.35. The van der Waals surface area contributed by atoms with E-state index < -0.39 is 5.63 Å². The van der Waals surface area contributed by atoms with Gasteiger partial charge in [0.15, 0.2) is 6.29 Å². The van der Waals surface area contributed by atoms with Gasteiger partial charge in [-0.3, -0.25) is 4.79 Å². The summed E-state index contributed by atoms with van der Waals surface area (Å²) in [5.74, 6) is 0. The van der Waals surface area contributed by atoms with Crippen molar-refractivity contribution >= 4 is 22.9 Å². The average molecular weight is 229 g/mol. The van der Waals surface area contributed by atoms with Gasteiger partial charge in [0.25, 0.3) is 0 Å². The second-order valence-electron chi connectivity index (χ2n) is 3.46. The Hall–Kier alpha value is -2.36. The molecule has 4 heteroatoms. The number of rotatable bonds is 4. The van der Waals surface area contributed by atoms with Crippen molar-refractivity contribution in [3.05, 3.63) is 52.9 Å². The minimum atomic E-state index is -0.634. The molecule has 2 aromatic rings. The van der Waals surface area contributed by atoms with Crippen molar-refractivity contribution in [2.24, 2.45) is 0 Å². The van der Waals surface area contributed by atoms with Gasteiger partial charge in [-0.05, 0) is 12.1 Å². The number of fused-ring (bicyclic) bond motifs is 1. The first-order valence-electron chi connectivity index (χ1n) is 5.13. The molecule has 1 aromatic carbocycles. The molecule has 0 aliphatic carbocycles. The van der Waals surface area contributed by atoms with E-state index in [1.54, 1.807) is 24.3 Å². The predicted octanol–water partition coefficient (Wildman–Crippen LogP) is 2.20. The first kappa shape index (κ1) is 11.1. The third kappa shape index (κ3) is 1.97. The van der Waals surface area contributed by atoms with Crippen molar-refractivity contribution < 1.29 is 9.21 Å². The lowest BCUT2D eigenvalue weighted by Crippen LogP contribution is -2.12. The van der Waals surface area contributed by atoms with Crippen molar-refractivity contribution in [2.45, 2.75) is 0 Å². The van der Waals surface area contributed by atoms with Gasteiger partial charge in [-0.1, -0.05) is 18.2 Å². The molecule has 0 saturated heterocycles. The van der Waals surface area contributed by atoms with Gasteiger partial charge >= 0.3 is 5.63 Å². The number of aldehydes is 1. The first-order chi connectivity index (χ1) is 8.27. The number of carbonyl (C=O) groups excluding carboxylic acids is 1. The molecule has 0 aliphatic rings. The molecule has 0 saturated carbocycles. The van der Waals surface area contributed by atoms with Crippen LogP contribution in [-0.2, 0) is 0 Å². The minimum absolute atomic E-state index is 0.00514. The predicted molar refractivity (Wildman–Crippen MR) is 66.6 cm³/mol. The topological polar surface area (TPSA) is 59.3 Å². The molecule has 0 unspecified atom stereocenters. The molecule has 86 valence electrons. The lowest BCUT2D eigenvalue weighted by atomic mass is 10.1. The van der Waals surface area contributed by atoms with Crippen LogP contribution in [0.15, 0.2) is 46.1 Å². The third-order valence-corrected chi connectivity index (χ3v) is 2.39. The van der Waals surface area contributed by atoms with E-state index in [-0.39, 0.29) is 5.56 Å². The highest BCUT2D eigenvalue weighted by molar-refractivity contribution is 5.98. The number of nitrogens with one attached hydrogen (secondary N) is 1. The molecule has 0 spiro atoms. The fourth-order valence-electron chi connectivity index (χ4n) is 1.64. The molecule has 1 N–H and O–H groups in total. The van der Waals surface area contributed by atoms with Gasteiger partial charge in [-0.15, -0.1) is 6.58 Å². The summed E-state index contributed by atoms with van der Waals surface area (Å²) in [5.41, 5.74) is 0.317. The molecule has 0 aliphatic heterocycles. The second-order valence-corrected chi connectivity index (χ2v) is 3.46. The van der Waals surface area contributed by atoms with Crippen LogP contribution in [0.5, 0.6) is 0 Å². The number of hydrogen-bond acceptors (Lipinski definition) is 4. The zero-order valence-electron chi connectivity index (χ0n) is 9.10. The van der Waals surface area contributed by atoms with E-state index in [1.165, 1.54) is 0 Å². The van der Waals surface area contributed by atoms with E-state index in [0.29, 0.717) is 29.5 Å².